The number of methoxy groups -OCH3 is 1. The van der Waals surface area contributed by atoms with Gasteiger partial charge in [0.1, 0.15) is 5.75 Å². The van der Waals surface area contributed by atoms with Gasteiger partial charge in [-0.25, -0.2) is 0 Å². The monoisotopic (exact) mass is 234 g/mol. The van der Waals surface area contributed by atoms with Gasteiger partial charge in [0, 0.05) is 30.2 Å². The molecule has 0 amide bonds. The number of rotatable bonds is 4. The van der Waals surface area contributed by atoms with E-state index < -0.39 is 0 Å². The average Bonchev–Trinajstić information content (AvgIpc) is 2.67. The van der Waals surface area contributed by atoms with E-state index in [1.807, 2.05) is 12.1 Å². The molecule has 1 aromatic rings. The molecule has 0 aromatic heterocycles. The molecule has 0 saturated carbocycles. The fourth-order valence-electron chi connectivity index (χ4n) is 2.41. The largest absolute Gasteiger partial charge is 0.496 e. The highest BCUT2D eigenvalue weighted by molar-refractivity contribution is 5.33. The van der Waals surface area contributed by atoms with Gasteiger partial charge in [0.2, 0.25) is 0 Å². The molecular formula is C14H22N2O. The van der Waals surface area contributed by atoms with Crippen molar-refractivity contribution in [2.24, 2.45) is 0 Å². The molecule has 3 heteroatoms. The summed E-state index contributed by atoms with van der Waals surface area (Å²) in [5.41, 5.74) is 1.48. The van der Waals surface area contributed by atoms with Gasteiger partial charge in [-0.05, 0) is 26.3 Å². The van der Waals surface area contributed by atoms with Gasteiger partial charge in [-0.2, -0.15) is 0 Å². The van der Waals surface area contributed by atoms with Crippen LogP contribution in [-0.2, 0) is 6.54 Å². The zero-order chi connectivity index (χ0) is 12.3. The Balaban J connectivity index is 1.90. The van der Waals surface area contributed by atoms with Crippen molar-refractivity contribution in [1.82, 2.24) is 10.6 Å². The molecule has 1 heterocycles. The second-order valence-corrected chi connectivity index (χ2v) is 5.36. The molecule has 1 unspecified atom stereocenters. The van der Waals surface area contributed by atoms with Crippen molar-refractivity contribution in [3.63, 3.8) is 0 Å². The standard InChI is InChI=1S/C14H22N2O/c1-14(2)8-12(10-16-14)15-9-11-6-4-5-7-13(11)17-3/h4-7,12,15-16H,8-10H2,1-3H3. The van der Waals surface area contributed by atoms with E-state index in [0.29, 0.717) is 6.04 Å². The summed E-state index contributed by atoms with van der Waals surface area (Å²) in [7, 11) is 1.72. The summed E-state index contributed by atoms with van der Waals surface area (Å²) < 4.78 is 5.35. The quantitative estimate of drug-likeness (QED) is 0.835. The molecule has 1 aromatic carbocycles. The van der Waals surface area contributed by atoms with Gasteiger partial charge in [0.15, 0.2) is 0 Å². The van der Waals surface area contributed by atoms with Crippen molar-refractivity contribution < 1.29 is 4.74 Å². The van der Waals surface area contributed by atoms with Crippen molar-refractivity contribution in [3.05, 3.63) is 29.8 Å². The number of ether oxygens (including phenoxy) is 1. The Kier molecular flexibility index (Phi) is 3.69. The second-order valence-electron chi connectivity index (χ2n) is 5.36. The summed E-state index contributed by atoms with van der Waals surface area (Å²) in [6.07, 6.45) is 1.17. The van der Waals surface area contributed by atoms with E-state index in [0.717, 1.165) is 18.8 Å². The van der Waals surface area contributed by atoms with Gasteiger partial charge in [-0.15, -0.1) is 0 Å². The lowest BCUT2D eigenvalue weighted by Gasteiger charge is -2.18. The van der Waals surface area contributed by atoms with Crippen LogP contribution >= 0.6 is 0 Å². The third-order valence-electron chi connectivity index (χ3n) is 3.36. The molecule has 17 heavy (non-hydrogen) atoms. The zero-order valence-corrected chi connectivity index (χ0v) is 10.9. The molecule has 2 rings (SSSR count). The highest BCUT2D eigenvalue weighted by Crippen LogP contribution is 2.20. The molecule has 2 N–H and O–H groups in total. The molecule has 1 aliphatic heterocycles. The number of hydrogen-bond donors (Lipinski definition) is 2. The number of benzene rings is 1. The van der Waals surface area contributed by atoms with Gasteiger partial charge in [-0.1, -0.05) is 18.2 Å². The fraction of sp³-hybridized carbons (Fsp3) is 0.571. The second kappa shape index (κ2) is 5.07. The summed E-state index contributed by atoms with van der Waals surface area (Å²) in [5, 5.41) is 7.10. The molecule has 1 aliphatic rings. The molecule has 1 saturated heterocycles. The van der Waals surface area contributed by atoms with Crippen LogP contribution in [-0.4, -0.2) is 25.2 Å². The van der Waals surface area contributed by atoms with Crippen molar-refractivity contribution in [3.8, 4) is 5.75 Å². The molecule has 0 radical (unpaired) electrons. The Morgan fingerprint density at radius 1 is 1.41 bits per heavy atom. The van der Waals surface area contributed by atoms with Crippen LogP contribution in [0.2, 0.25) is 0 Å². The minimum atomic E-state index is 0.262. The van der Waals surface area contributed by atoms with E-state index in [1.54, 1.807) is 7.11 Å². The molecule has 1 fully saturated rings. The van der Waals surface area contributed by atoms with Crippen LogP contribution in [0, 0.1) is 0 Å². The summed E-state index contributed by atoms with van der Waals surface area (Å²) in [6.45, 7) is 6.41. The van der Waals surface area contributed by atoms with Crippen LogP contribution in [0.25, 0.3) is 0 Å². The molecule has 0 bridgehead atoms. The predicted molar refractivity (Wildman–Crippen MR) is 70.3 cm³/mol. The number of hydrogen-bond acceptors (Lipinski definition) is 3. The van der Waals surface area contributed by atoms with Gasteiger partial charge in [-0.3, -0.25) is 0 Å². The van der Waals surface area contributed by atoms with Crippen molar-refractivity contribution in [2.45, 2.75) is 38.4 Å². The van der Waals surface area contributed by atoms with E-state index >= 15 is 0 Å². The van der Waals surface area contributed by atoms with E-state index in [-0.39, 0.29) is 5.54 Å². The lowest BCUT2D eigenvalue weighted by Crippen LogP contribution is -2.31. The fourth-order valence-corrected chi connectivity index (χ4v) is 2.41. The zero-order valence-electron chi connectivity index (χ0n) is 10.9. The van der Waals surface area contributed by atoms with Crippen LogP contribution in [0.1, 0.15) is 25.8 Å². The van der Waals surface area contributed by atoms with Crippen LogP contribution in [0.5, 0.6) is 5.75 Å². The van der Waals surface area contributed by atoms with Crippen LogP contribution < -0.4 is 15.4 Å². The average molecular weight is 234 g/mol. The Labute approximate surface area is 104 Å². The van der Waals surface area contributed by atoms with Gasteiger partial charge >= 0.3 is 0 Å². The summed E-state index contributed by atoms with van der Waals surface area (Å²) >= 11 is 0. The Morgan fingerprint density at radius 3 is 2.82 bits per heavy atom. The summed E-state index contributed by atoms with van der Waals surface area (Å²) in [6, 6.07) is 8.72. The first-order chi connectivity index (χ1) is 8.11. The third-order valence-corrected chi connectivity index (χ3v) is 3.36. The number of para-hydroxylation sites is 1. The number of nitrogens with one attached hydrogen (secondary N) is 2. The van der Waals surface area contributed by atoms with E-state index in [4.69, 9.17) is 4.74 Å². The summed E-state index contributed by atoms with van der Waals surface area (Å²) in [5.74, 6) is 0.963. The SMILES string of the molecule is COc1ccccc1CNC1CNC(C)(C)C1. The topological polar surface area (TPSA) is 33.3 Å². The van der Waals surface area contributed by atoms with E-state index in [1.165, 1.54) is 12.0 Å². The molecule has 0 aliphatic carbocycles. The lowest BCUT2D eigenvalue weighted by molar-refractivity contribution is 0.404. The third kappa shape index (κ3) is 3.20. The lowest BCUT2D eigenvalue weighted by atomic mass is 10.0. The highest BCUT2D eigenvalue weighted by Gasteiger charge is 2.29. The van der Waals surface area contributed by atoms with Crippen molar-refractivity contribution in [2.75, 3.05) is 13.7 Å². The molecule has 1 atom stereocenters. The van der Waals surface area contributed by atoms with Crippen LogP contribution in [0.15, 0.2) is 24.3 Å². The first-order valence-corrected chi connectivity index (χ1v) is 6.21. The van der Waals surface area contributed by atoms with Crippen LogP contribution in [0.3, 0.4) is 0 Å². The molecule has 94 valence electrons. The normalized spacial score (nSPS) is 22.6. The Hall–Kier alpha value is -1.06. The Bertz CT molecular complexity index is 376. The highest BCUT2D eigenvalue weighted by atomic mass is 16.5. The van der Waals surface area contributed by atoms with Gasteiger partial charge in [0.05, 0.1) is 7.11 Å². The van der Waals surface area contributed by atoms with Crippen molar-refractivity contribution >= 4 is 0 Å². The maximum absolute atomic E-state index is 5.35. The summed E-state index contributed by atoms with van der Waals surface area (Å²) in [4.78, 5) is 0. The van der Waals surface area contributed by atoms with Gasteiger partial charge in [0.25, 0.3) is 0 Å². The van der Waals surface area contributed by atoms with E-state index in [9.17, 15) is 0 Å². The first kappa shape index (κ1) is 12.4. The van der Waals surface area contributed by atoms with Crippen molar-refractivity contribution in [1.29, 1.82) is 0 Å². The minimum Gasteiger partial charge on any atom is -0.496 e. The molecule has 0 spiro atoms. The maximum Gasteiger partial charge on any atom is 0.123 e. The first-order valence-electron chi connectivity index (χ1n) is 6.21. The van der Waals surface area contributed by atoms with Crippen LogP contribution in [0.4, 0.5) is 0 Å². The smallest absolute Gasteiger partial charge is 0.123 e. The minimum absolute atomic E-state index is 0.262. The predicted octanol–water partition coefficient (Wildman–Crippen LogP) is 1.93. The maximum atomic E-state index is 5.35. The van der Waals surface area contributed by atoms with E-state index in [2.05, 4.69) is 36.6 Å². The van der Waals surface area contributed by atoms with Gasteiger partial charge < -0.3 is 15.4 Å². The molecule has 3 nitrogen and oxygen atoms in total. The molecular weight excluding hydrogens is 212 g/mol. The Morgan fingerprint density at radius 2 is 2.18 bits per heavy atom.